The second-order valence-electron chi connectivity index (χ2n) is 24.5. The summed E-state index contributed by atoms with van der Waals surface area (Å²) in [6, 6.07) is 36.8. The van der Waals surface area contributed by atoms with Gasteiger partial charge in [0.2, 0.25) is 0 Å². The first-order chi connectivity index (χ1) is 53.5. The molecule has 0 unspecified atom stereocenters. The van der Waals surface area contributed by atoms with Crippen LogP contribution in [0.25, 0.3) is 122 Å². The number of ether oxygens (including phenoxy) is 1. The fraction of sp³-hybridized carbons (Fsp3) is 0.195. The Kier molecular flexibility index (Phi) is 7.83. The first-order valence-corrected chi connectivity index (χ1v) is 28.7. The van der Waals surface area contributed by atoms with Gasteiger partial charge in [-0.15, -0.1) is 29.7 Å². The van der Waals surface area contributed by atoms with Gasteiger partial charge in [-0.3, -0.25) is 4.57 Å². The Morgan fingerprint density at radius 1 is 0.539 bits per heavy atom. The van der Waals surface area contributed by atoms with Crippen LogP contribution in [0.5, 0.6) is 11.5 Å². The molecule has 1 aliphatic heterocycles. The van der Waals surface area contributed by atoms with Crippen LogP contribution in [0.2, 0.25) is 0 Å². The van der Waals surface area contributed by atoms with Crippen molar-refractivity contribution >= 4 is 54.6 Å². The Hall–Kier alpha value is -9.09. The summed E-state index contributed by atoms with van der Waals surface area (Å²) in [5, 5.41) is 3.23. The van der Waals surface area contributed by atoms with Crippen molar-refractivity contribution in [3.05, 3.63) is 253 Å². The number of rotatable bonds is 6. The van der Waals surface area contributed by atoms with Crippen molar-refractivity contribution in [2.45, 2.75) is 103 Å². The Morgan fingerprint density at radius 3 is 1.79 bits per heavy atom. The summed E-state index contributed by atoms with van der Waals surface area (Å²) in [5.74, 6) is 0.806. The molecule has 0 saturated heterocycles. The summed E-state index contributed by atoms with van der Waals surface area (Å²) in [7, 11) is 0. The van der Waals surface area contributed by atoms with Crippen LogP contribution in [0, 0.1) is 18.5 Å². The molecule has 10 aromatic carbocycles. The molecule has 0 radical (unpaired) electrons. The van der Waals surface area contributed by atoms with E-state index in [1.165, 1.54) is 15.2 Å². The Balaban J connectivity index is 0.0000106. The van der Waals surface area contributed by atoms with E-state index in [0.717, 1.165) is 38.7 Å². The van der Waals surface area contributed by atoms with Gasteiger partial charge in [-0.1, -0.05) is 208 Å². The summed E-state index contributed by atoms with van der Waals surface area (Å²) in [5.41, 5.74) is -13.0. The molecular weight excluding hydrogens is 1270 g/mol. The van der Waals surface area contributed by atoms with Crippen LogP contribution in [0.1, 0.15) is 141 Å². The van der Waals surface area contributed by atoms with Gasteiger partial charge in [0.1, 0.15) is 5.82 Å². The Morgan fingerprint density at radius 2 is 1.13 bits per heavy atom. The third-order valence-corrected chi connectivity index (χ3v) is 16.8. The third-order valence-electron chi connectivity index (χ3n) is 16.8. The van der Waals surface area contributed by atoms with E-state index in [9.17, 15) is 28.8 Å². The number of hydrogen-bond donors (Lipinski definition) is 0. The molecule has 440 valence electrons. The number of fused-ring (bicyclic) bond motifs is 14. The monoisotopic (exact) mass is 1360 g/mol. The molecule has 0 atom stereocenters. The van der Waals surface area contributed by atoms with Crippen molar-refractivity contribution in [1.82, 2.24) is 18.7 Å². The molecule has 4 aromatic heterocycles. The van der Waals surface area contributed by atoms with E-state index >= 15 is 0 Å². The van der Waals surface area contributed by atoms with Crippen molar-refractivity contribution in [1.29, 1.82) is 0 Å². The Labute approximate surface area is 573 Å². The predicted octanol–water partition coefficient (Wildman–Crippen LogP) is 20.6. The average molecular weight is 1360 g/mol. The predicted molar refractivity (Wildman–Crippen MR) is 362 cm³/mol. The van der Waals surface area contributed by atoms with Crippen LogP contribution in [-0.2, 0) is 42.7 Å². The molecule has 1 aliphatic carbocycles. The number of pyridine rings is 1. The average Bonchev–Trinajstić information content (AvgIpc) is 0.855. The van der Waals surface area contributed by atoms with E-state index in [2.05, 4.69) is 39.2 Å². The third kappa shape index (κ3) is 9.07. The smallest absolute Gasteiger partial charge is 0.268 e. The van der Waals surface area contributed by atoms with E-state index in [-0.39, 0.29) is 77.1 Å². The first-order valence-electron chi connectivity index (χ1n) is 42.2. The van der Waals surface area contributed by atoms with Crippen LogP contribution < -0.4 is 9.30 Å². The zero-order valence-electron chi connectivity index (χ0n) is 75.8. The number of imidazole rings is 1. The fourth-order valence-electron chi connectivity index (χ4n) is 12.5. The van der Waals surface area contributed by atoms with Crippen molar-refractivity contribution in [2.24, 2.45) is 0 Å². The zero-order chi connectivity index (χ0) is 83.3. The van der Waals surface area contributed by atoms with Gasteiger partial charge in [0, 0.05) is 77.0 Å². The van der Waals surface area contributed by atoms with Gasteiger partial charge in [-0.25, -0.2) is 4.98 Å². The topological polar surface area (TPSA) is 40.8 Å². The van der Waals surface area contributed by atoms with E-state index in [4.69, 9.17) is 17.9 Å². The van der Waals surface area contributed by atoms with Gasteiger partial charge in [0.25, 0.3) is 6.33 Å². The van der Waals surface area contributed by atoms with Crippen LogP contribution in [0.15, 0.2) is 212 Å². The maximum atomic E-state index is 10.6. The minimum atomic E-state index is -4.71. The van der Waals surface area contributed by atoms with Crippen molar-refractivity contribution < 1.29 is 67.4 Å². The standard InChI is InChI=1S/C82H69N5O.Pt/c1-79(2,3)53-38-41-83-76(47-53)87-72-33-20-17-30-64(72)65-36-35-57(49-73(65)87)88-56-23-21-22-55(48-56)84-50-85-77-66(42-52(44-74(77)84)51-34-37-68-69(43-51)82(9,10)40-39-81(68,7)8)60-26-13-11-24-58(60)59-25-12-14-27-61(59)67-45-54(80(4,5)6)46-75(78(67)85)86-70-31-18-15-28-62(70)63-29-16-19-32-71(63)86;/h11-38,41-47H,39-40H2,1-10H3;/q-2;/i7D3,8D3,9D3,10D3,11D,12D,13D,14D,24D,25D,26D,27D,34D,37D,39D2,40D2,43D;. The molecule has 7 heteroatoms. The van der Waals surface area contributed by atoms with E-state index < -0.39 is 162 Å². The molecule has 14 aromatic rings. The van der Waals surface area contributed by atoms with Crippen molar-refractivity contribution in [3.8, 4) is 78.9 Å². The van der Waals surface area contributed by atoms with Gasteiger partial charge < -0.3 is 18.4 Å². The van der Waals surface area contributed by atoms with Gasteiger partial charge in [0.15, 0.2) is 0 Å². The number of para-hydroxylation sites is 3. The molecule has 2 aliphatic rings. The molecule has 5 heterocycles. The number of aromatic nitrogens is 5. The molecule has 0 N–H and O–H groups in total. The van der Waals surface area contributed by atoms with Gasteiger partial charge in [0.05, 0.1) is 48.5 Å². The number of benzene rings is 10. The quantitative estimate of drug-likeness (QED) is 0.123. The summed E-state index contributed by atoms with van der Waals surface area (Å²) < 4.78 is 271. The number of hydrogen-bond acceptors (Lipinski definition) is 2. The second-order valence-corrected chi connectivity index (χ2v) is 24.5. The van der Waals surface area contributed by atoms with Crippen LogP contribution in [0.3, 0.4) is 0 Å². The molecule has 6 nitrogen and oxygen atoms in total. The molecule has 0 bridgehead atoms. The van der Waals surface area contributed by atoms with Crippen LogP contribution in [-0.4, -0.2) is 18.7 Å². The molecule has 16 rings (SSSR count). The maximum absolute atomic E-state index is 10.6. The van der Waals surface area contributed by atoms with Crippen molar-refractivity contribution in [3.63, 3.8) is 0 Å². The van der Waals surface area contributed by atoms with Crippen molar-refractivity contribution in [2.75, 3.05) is 0 Å². The minimum absolute atomic E-state index is 0. The largest absolute Gasteiger partial charge is 0.510 e. The normalized spacial score (nSPS) is 20.3. The SMILES string of the molecule is [2H]c1c([2H])c([2H])c2c(c1[2H])-c1cc(C(C)(C)C)cc(-n3c4ccccc4c4ccccc43)c1-[n+]1[c-]n(-c3[c-]c(Oc4[c-]c5c(cc4)c4ccccc4n5-c4cc(C(C)(C)C)ccn4)ccc3)c3cc(-c4c([2H])c([2H])c5c(c4[2H])C(C([2H])([2H])[2H])(C([2H])([2H])[2H])C([2H])([2H])C([2H])([2H])C5(C([2H])([2H])[2H])C([2H])([2H])[2H])cc(c31)-c1c([2H])c([2H])c([2H])c([2H])c1-2.[Pt]. The molecular formula is C82H69N5OPt-2. The minimum Gasteiger partial charge on any atom is -0.510 e. The summed E-state index contributed by atoms with van der Waals surface area (Å²) in [4.78, 5) is 4.84. The zero-order valence-corrected chi connectivity index (χ0v) is 51.1. The van der Waals surface area contributed by atoms with Gasteiger partial charge >= 0.3 is 0 Å². The van der Waals surface area contributed by atoms with E-state index in [1.807, 2.05) is 127 Å². The number of nitrogens with zero attached hydrogens (tertiary/aromatic N) is 5. The van der Waals surface area contributed by atoms with Gasteiger partial charge in [-0.2, -0.15) is 18.2 Å². The fourth-order valence-corrected chi connectivity index (χ4v) is 12.5. The summed E-state index contributed by atoms with van der Waals surface area (Å²) >= 11 is 0. The van der Waals surface area contributed by atoms with Gasteiger partial charge in [-0.05, 0) is 155 Å². The second kappa shape index (κ2) is 20.5. The summed E-state index contributed by atoms with van der Waals surface area (Å²) in [6.45, 7) is -5.58. The first kappa shape index (κ1) is 34.0. The molecule has 89 heavy (non-hydrogen) atoms. The molecule has 0 fully saturated rings. The van der Waals surface area contributed by atoms with Crippen LogP contribution >= 0.6 is 0 Å². The molecule has 0 spiro atoms. The molecule has 0 amide bonds. The van der Waals surface area contributed by atoms with E-state index in [0.29, 0.717) is 33.6 Å². The van der Waals surface area contributed by atoms with E-state index in [1.54, 1.807) is 36.5 Å². The molecule has 0 saturated carbocycles. The maximum Gasteiger partial charge on any atom is 0.268 e. The summed E-state index contributed by atoms with van der Waals surface area (Å²) in [6.07, 6.45) is -4.10. The van der Waals surface area contributed by atoms with Crippen LogP contribution in [0.4, 0.5) is 0 Å². The Bertz CT molecular complexity index is 6510.